The summed E-state index contributed by atoms with van der Waals surface area (Å²) in [7, 11) is 0. The van der Waals surface area contributed by atoms with E-state index in [4.69, 9.17) is 5.73 Å². The molecule has 0 amide bonds. The second-order valence-electron chi connectivity index (χ2n) is 4.36. The quantitative estimate of drug-likeness (QED) is 0.704. The molecule has 0 saturated heterocycles. The van der Waals surface area contributed by atoms with Gasteiger partial charge in [0.25, 0.3) is 0 Å². The normalized spacial score (nSPS) is 10.7. The van der Waals surface area contributed by atoms with E-state index in [-0.39, 0.29) is 0 Å². The standard InChI is InChI=1S/C15H13N3/c1-10-2-4-11(5-3-10)13-8-12-9-17-7-6-14(12)18-15(13)16/h2-9H,1H3,(H2,16,18). The van der Waals surface area contributed by atoms with E-state index in [2.05, 4.69) is 41.2 Å². The molecule has 3 heteroatoms. The summed E-state index contributed by atoms with van der Waals surface area (Å²) in [5.74, 6) is 0.553. The molecule has 0 aliphatic rings. The summed E-state index contributed by atoms with van der Waals surface area (Å²) in [5.41, 5.74) is 10.2. The minimum Gasteiger partial charge on any atom is -0.383 e. The van der Waals surface area contributed by atoms with E-state index in [1.807, 2.05) is 12.1 Å². The summed E-state index contributed by atoms with van der Waals surface area (Å²) < 4.78 is 0. The van der Waals surface area contributed by atoms with Gasteiger partial charge in [0.1, 0.15) is 5.82 Å². The lowest BCUT2D eigenvalue weighted by Gasteiger charge is -2.07. The maximum atomic E-state index is 6.03. The average molecular weight is 235 g/mol. The van der Waals surface area contributed by atoms with Gasteiger partial charge in [-0.05, 0) is 24.6 Å². The highest BCUT2D eigenvalue weighted by atomic mass is 14.8. The van der Waals surface area contributed by atoms with Gasteiger partial charge in [0.15, 0.2) is 0 Å². The highest BCUT2D eigenvalue weighted by Crippen LogP contribution is 2.27. The van der Waals surface area contributed by atoms with E-state index < -0.39 is 0 Å². The van der Waals surface area contributed by atoms with E-state index in [1.165, 1.54) is 5.56 Å². The number of hydrogen-bond donors (Lipinski definition) is 1. The third kappa shape index (κ3) is 1.80. The molecule has 2 aromatic heterocycles. The third-order valence-corrected chi connectivity index (χ3v) is 3.01. The Hall–Kier alpha value is -2.42. The molecular formula is C15H13N3. The molecule has 0 fully saturated rings. The highest BCUT2D eigenvalue weighted by Gasteiger charge is 2.06. The van der Waals surface area contributed by atoms with Crippen LogP contribution in [-0.2, 0) is 0 Å². The number of nitrogens with zero attached hydrogens (tertiary/aromatic N) is 2. The van der Waals surface area contributed by atoms with E-state index in [0.29, 0.717) is 5.82 Å². The van der Waals surface area contributed by atoms with Crippen LogP contribution in [0.4, 0.5) is 5.82 Å². The molecule has 1 aromatic carbocycles. The van der Waals surface area contributed by atoms with E-state index in [0.717, 1.165) is 22.0 Å². The molecule has 0 aliphatic heterocycles. The van der Waals surface area contributed by atoms with Gasteiger partial charge in [0, 0.05) is 23.3 Å². The largest absolute Gasteiger partial charge is 0.383 e. The Kier molecular flexibility index (Phi) is 2.45. The van der Waals surface area contributed by atoms with Crippen LogP contribution in [0.3, 0.4) is 0 Å². The summed E-state index contributed by atoms with van der Waals surface area (Å²) in [4.78, 5) is 8.52. The van der Waals surface area contributed by atoms with Crippen molar-refractivity contribution < 1.29 is 0 Å². The summed E-state index contributed by atoms with van der Waals surface area (Å²) >= 11 is 0. The Morgan fingerprint density at radius 3 is 2.61 bits per heavy atom. The van der Waals surface area contributed by atoms with E-state index >= 15 is 0 Å². The van der Waals surface area contributed by atoms with Gasteiger partial charge in [-0.2, -0.15) is 0 Å². The lowest BCUT2D eigenvalue weighted by atomic mass is 10.0. The molecule has 0 radical (unpaired) electrons. The first kappa shape index (κ1) is 10.7. The zero-order chi connectivity index (χ0) is 12.5. The fourth-order valence-corrected chi connectivity index (χ4v) is 2.00. The summed E-state index contributed by atoms with van der Waals surface area (Å²) in [5, 5.41) is 1.00. The van der Waals surface area contributed by atoms with Crippen LogP contribution in [0, 0.1) is 6.92 Å². The molecule has 0 saturated carbocycles. The Morgan fingerprint density at radius 2 is 1.83 bits per heavy atom. The van der Waals surface area contributed by atoms with Gasteiger partial charge in [0.2, 0.25) is 0 Å². The molecule has 3 rings (SSSR count). The highest BCUT2D eigenvalue weighted by molar-refractivity contribution is 5.88. The number of nitrogens with two attached hydrogens (primary N) is 1. The average Bonchev–Trinajstić information content (AvgIpc) is 2.39. The Labute approximate surface area is 105 Å². The molecule has 3 nitrogen and oxygen atoms in total. The fourth-order valence-electron chi connectivity index (χ4n) is 2.00. The zero-order valence-electron chi connectivity index (χ0n) is 10.1. The number of pyridine rings is 2. The molecule has 0 spiro atoms. The molecule has 0 atom stereocenters. The number of anilines is 1. The second kappa shape index (κ2) is 4.11. The topological polar surface area (TPSA) is 51.8 Å². The van der Waals surface area contributed by atoms with Crippen molar-refractivity contribution in [2.24, 2.45) is 0 Å². The Balaban J connectivity index is 2.22. The minimum atomic E-state index is 0.553. The SMILES string of the molecule is Cc1ccc(-c2cc3cnccc3nc2N)cc1. The van der Waals surface area contributed by atoms with Crippen LogP contribution in [0.5, 0.6) is 0 Å². The molecule has 0 aliphatic carbocycles. The van der Waals surface area contributed by atoms with Crippen molar-refractivity contribution in [3.63, 3.8) is 0 Å². The van der Waals surface area contributed by atoms with Crippen LogP contribution < -0.4 is 5.73 Å². The van der Waals surface area contributed by atoms with Gasteiger partial charge in [-0.3, -0.25) is 4.98 Å². The van der Waals surface area contributed by atoms with Gasteiger partial charge in [0.05, 0.1) is 5.52 Å². The number of aromatic nitrogens is 2. The van der Waals surface area contributed by atoms with Crippen molar-refractivity contribution in [1.29, 1.82) is 0 Å². The first-order valence-corrected chi connectivity index (χ1v) is 5.81. The molecule has 18 heavy (non-hydrogen) atoms. The molecule has 0 unspecified atom stereocenters. The summed E-state index contributed by atoms with van der Waals surface area (Å²) in [6, 6.07) is 12.2. The summed E-state index contributed by atoms with van der Waals surface area (Å²) in [6.45, 7) is 2.07. The Morgan fingerprint density at radius 1 is 1.06 bits per heavy atom. The van der Waals surface area contributed by atoms with Crippen molar-refractivity contribution >= 4 is 16.7 Å². The first-order chi connectivity index (χ1) is 8.74. The van der Waals surface area contributed by atoms with Crippen molar-refractivity contribution in [2.75, 3.05) is 5.73 Å². The predicted octanol–water partition coefficient (Wildman–Crippen LogP) is 3.19. The Bertz CT molecular complexity index is 703. The van der Waals surface area contributed by atoms with Crippen LogP contribution in [0.25, 0.3) is 22.0 Å². The first-order valence-electron chi connectivity index (χ1n) is 5.81. The van der Waals surface area contributed by atoms with Crippen LogP contribution in [0.2, 0.25) is 0 Å². The van der Waals surface area contributed by atoms with E-state index in [9.17, 15) is 0 Å². The zero-order valence-corrected chi connectivity index (χ0v) is 10.1. The number of benzene rings is 1. The van der Waals surface area contributed by atoms with E-state index in [1.54, 1.807) is 12.4 Å². The number of fused-ring (bicyclic) bond motifs is 1. The van der Waals surface area contributed by atoms with Gasteiger partial charge in [-0.25, -0.2) is 4.98 Å². The molecule has 3 aromatic rings. The van der Waals surface area contributed by atoms with Crippen molar-refractivity contribution in [3.8, 4) is 11.1 Å². The lowest BCUT2D eigenvalue weighted by molar-refractivity contribution is 1.33. The van der Waals surface area contributed by atoms with Gasteiger partial charge in [-0.15, -0.1) is 0 Å². The third-order valence-electron chi connectivity index (χ3n) is 3.01. The number of aryl methyl sites for hydroxylation is 1. The van der Waals surface area contributed by atoms with Crippen molar-refractivity contribution in [3.05, 3.63) is 54.4 Å². The second-order valence-corrected chi connectivity index (χ2v) is 4.36. The number of rotatable bonds is 1. The summed E-state index contributed by atoms with van der Waals surface area (Å²) in [6.07, 6.45) is 3.53. The minimum absolute atomic E-state index is 0.553. The maximum Gasteiger partial charge on any atom is 0.132 e. The van der Waals surface area contributed by atoms with Crippen LogP contribution in [0.1, 0.15) is 5.56 Å². The van der Waals surface area contributed by atoms with Crippen molar-refractivity contribution in [1.82, 2.24) is 9.97 Å². The van der Waals surface area contributed by atoms with Gasteiger partial charge < -0.3 is 5.73 Å². The van der Waals surface area contributed by atoms with Crippen molar-refractivity contribution in [2.45, 2.75) is 6.92 Å². The van der Waals surface area contributed by atoms with Gasteiger partial charge >= 0.3 is 0 Å². The molecular weight excluding hydrogens is 222 g/mol. The van der Waals surface area contributed by atoms with Crippen LogP contribution in [0.15, 0.2) is 48.8 Å². The fraction of sp³-hybridized carbons (Fsp3) is 0.0667. The smallest absolute Gasteiger partial charge is 0.132 e. The van der Waals surface area contributed by atoms with Crippen LogP contribution in [-0.4, -0.2) is 9.97 Å². The van der Waals surface area contributed by atoms with Crippen LogP contribution >= 0.6 is 0 Å². The van der Waals surface area contributed by atoms with Gasteiger partial charge in [-0.1, -0.05) is 29.8 Å². The predicted molar refractivity (Wildman–Crippen MR) is 74.1 cm³/mol. The monoisotopic (exact) mass is 235 g/mol. The maximum absolute atomic E-state index is 6.03. The number of nitrogen functional groups attached to an aromatic ring is 1. The molecule has 2 N–H and O–H groups in total. The lowest BCUT2D eigenvalue weighted by Crippen LogP contribution is -1.95. The molecule has 2 heterocycles. The molecule has 0 bridgehead atoms. The number of hydrogen-bond acceptors (Lipinski definition) is 3. The molecule has 88 valence electrons.